The molecule has 0 bridgehead atoms. The van der Waals surface area contributed by atoms with Crippen molar-refractivity contribution in [1.82, 2.24) is 5.32 Å². The highest BCUT2D eigenvalue weighted by Crippen LogP contribution is 1.95. The van der Waals surface area contributed by atoms with Crippen molar-refractivity contribution in [2.45, 2.75) is 6.54 Å². The minimum Gasteiger partial charge on any atom is -0.316 e. The zero-order valence-corrected chi connectivity index (χ0v) is 5.59. The summed E-state index contributed by atoms with van der Waals surface area (Å²) in [5, 5.41) is 3.08. The summed E-state index contributed by atoms with van der Waals surface area (Å²) in [5.41, 5.74) is 1.33. The standard InChI is InChI=1S/C8H11N.H4Si/c1-9-7-8-5-3-2-4-6-8;/h2-6,9H,7H2,1H3;1H4. The zero-order valence-electron chi connectivity index (χ0n) is 5.59. The maximum absolute atomic E-state index is 3.08. The fraction of sp³-hybridized carbons (Fsp3) is 0.250. The first kappa shape index (κ1) is 9.40. The van der Waals surface area contributed by atoms with Gasteiger partial charge in [-0.25, -0.2) is 0 Å². The second kappa shape index (κ2) is 5.20. The van der Waals surface area contributed by atoms with Crippen LogP contribution in [0, 0.1) is 0 Å². The van der Waals surface area contributed by atoms with Crippen LogP contribution in [-0.2, 0) is 6.54 Å². The Bertz CT molecular complexity index is 162. The fourth-order valence-corrected chi connectivity index (χ4v) is 0.800. The van der Waals surface area contributed by atoms with Gasteiger partial charge < -0.3 is 5.32 Å². The highest BCUT2D eigenvalue weighted by Gasteiger charge is 1.83. The van der Waals surface area contributed by atoms with E-state index in [1.54, 1.807) is 0 Å². The maximum atomic E-state index is 3.08. The van der Waals surface area contributed by atoms with Crippen molar-refractivity contribution in [3.8, 4) is 0 Å². The molecular weight excluding hydrogens is 138 g/mol. The lowest BCUT2D eigenvalue weighted by molar-refractivity contribution is 0.818. The number of benzene rings is 1. The molecule has 0 aliphatic rings. The van der Waals surface area contributed by atoms with Crippen molar-refractivity contribution < 1.29 is 0 Å². The molecule has 0 saturated heterocycles. The molecule has 0 fully saturated rings. The highest BCUT2D eigenvalue weighted by atomic mass is 28.1. The molecule has 10 heavy (non-hydrogen) atoms. The molecule has 1 aromatic carbocycles. The summed E-state index contributed by atoms with van der Waals surface area (Å²) in [6.07, 6.45) is 0. The van der Waals surface area contributed by atoms with Gasteiger partial charge in [0.15, 0.2) is 0 Å². The van der Waals surface area contributed by atoms with Crippen LogP contribution >= 0.6 is 0 Å². The highest BCUT2D eigenvalue weighted by molar-refractivity contribution is 5.75. The average Bonchev–Trinajstić information content (AvgIpc) is 1.91. The second-order valence-electron chi connectivity index (χ2n) is 2.02. The molecule has 0 amide bonds. The number of rotatable bonds is 2. The summed E-state index contributed by atoms with van der Waals surface area (Å²) in [7, 11) is 1.95. The quantitative estimate of drug-likeness (QED) is 0.588. The summed E-state index contributed by atoms with van der Waals surface area (Å²) in [4.78, 5) is 0. The van der Waals surface area contributed by atoms with Crippen LogP contribution in [0.3, 0.4) is 0 Å². The van der Waals surface area contributed by atoms with Gasteiger partial charge in [0.2, 0.25) is 0 Å². The second-order valence-corrected chi connectivity index (χ2v) is 2.02. The van der Waals surface area contributed by atoms with Crippen LogP contribution in [0.25, 0.3) is 0 Å². The van der Waals surface area contributed by atoms with Gasteiger partial charge in [-0.1, -0.05) is 30.3 Å². The predicted octanol–water partition coefficient (Wildman–Crippen LogP) is -0.0456. The van der Waals surface area contributed by atoms with Gasteiger partial charge in [-0.05, 0) is 23.6 Å². The molecule has 1 rings (SSSR count). The topological polar surface area (TPSA) is 12.0 Å². The molecule has 0 spiro atoms. The van der Waals surface area contributed by atoms with E-state index in [0.29, 0.717) is 0 Å². The van der Waals surface area contributed by atoms with Crippen molar-refractivity contribution in [3.05, 3.63) is 35.9 Å². The van der Waals surface area contributed by atoms with Crippen molar-refractivity contribution in [2.75, 3.05) is 7.05 Å². The fourth-order valence-electron chi connectivity index (χ4n) is 0.800. The largest absolute Gasteiger partial charge is 0.316 e. The molecule has 1 aromatic rings. The molecule has 1 N–H and O–H groups in total. The van der Waals surface area contributed by atoms with Crippen molar-refractivity contribution in [2.24, 2.45) is 0 Å². The van der Waals surface area contributed by atoms with Crippen LogP contribution < -0.4 is 5.32 Å². The SMILES string of the molecule is CNCc1ccccc1.[SiH4]. The van der Waals surface area contributed by atoms with Crippen LogP contribution in [0.1, 0.15) is 5.56 Å². The van der Waals surface area contributed by atoms with E-state index in [2.05, 4.69) is 17.4 Å². The van der Waals surface area contributed by atoms with Gasteiger partial charge in [-0.15, -0.1) is 0 Å². The lowest BCUT2D eigenvalue weighted by Gasteiger charge is -1.95. The minimum atomic E-state index is 0. The zero-order chi connectivity index (χ0) is 6.53. The van der Waals surface area contributed by atoms with E-state index >= 15 is 0 Å². The molecule has 0 heterocycles. The molecule has 0 aromatic heterocycles. The Kier molecular flexibility index (Phi) is 4.89. The van der Waals surface area contributed by atoms with Crippen molar-refractivity contribution >= 4 is 11.0 Å². The van der Waals surface area contributed by atoms with Gasteiger partial charge in [-0.3, -0.25) is 0 Å². The van der Waals surface area contributed by atoms with E-state index in [1.807, 2.05) is 25.2 Å². The number of hydrogen-bond acceptors (Lipinski definition) is 1. The minimum absolute atomic E-state index is 0. The van der Waals surface area contributed by atoms with Crippen LogP contribution in [0.4, 0.5) is 0 Å². The molecule has 0 atom stereocenters. The van der Waals surface area contributed by atoms with Gasteiger partial charge in [-0.2, -0.15) is 0 Å². The van der Waals surface area contributed by atoms with E-state index in [1.165, 1.54) is 5.56 Å². The molecule has 0 aliphatic heterocycles. The molecule has 56 valence electrons. The Morgan fingerprint density at radius 2 is 1.80 bits per heavy atom. The molecule has 0 radical (unpaired) electrons. The molecule has 2 heteroatoms. The van der Waals surface area contributed by atoms with Crippen molar-refractivity contribution in [1.29, 1.82) is 0 Å². The number of nitrogens with one attached hydrogen (secondary N) is 1. The van der Waals surface area contributed by atoms with E-state index < -0.39 is 0 Å². The van der Waals surface area contributed by atoms with Gasteiger partial charge in [0.05, 0.1) is 0 Å². The third kappa shape index (κ3) is 2.80. The van der Waals surface area contributed by atoms with Gasteiger partial charge >= 0.3 is 0 Å². The summed E-state index contributed by atoms with van der Waals surface area (Å²) in [5.74, 6) is 0. The van der Waals surface area contributed by atoms with E-state index in [-0.39, 0.29) is 11.0 Å². The first-order valence-corrected chi connectivity index (χ1v) is 3.12. The maximum Gasteiger partial charge on any atom is 0.0202 e. The lowest BCUT2D eigenvalue weighted by atomic mass is 10.2. The van der Waals surface area contributed by atoms with Crippen LogP contribution in [0.15, 0.2) is 30.3 Å². The monoisotopic (exact) mass is 153 g/mol. The summed E-state index contributed by atoms with van der Waals surface area (Å²) in [6.45, 7) is 0.959. The van der Waals surface area contributed by atoms with E-state index in [9.17, 15) is 0 Å². The third-order valence-electron chi connectivity index (χ3n) is 1.22. The molecule has 0 saturated carbocycles. The van der Waals surface area contributed by atoms with Crippen LogP contribution in [-0.4, -0.2) is 18.0 Å². The van der Waals surface area contributed by atoms with Crippen molar-refractivity contribution in [3.63, 3.8) is 0 Å². The summed E-state index contributed by atoms with van der Waals surface area (Å²) < 4.78 is 0. The van der Waals surface area contributed by atoms with Gasteiger partial charge in [0.1, 0.15) is 0 Å². The number of hydrogen-bond donors (Lipinski definition) is 1. The Morgan fingerprint density at radius 3 is 2.30 bits per heavy atom. The smallest absolute Gasteiger partial charge is 0.0202 e. The lowest BCUT2D eigenvalue weighted by Crippen LogP contribution is -2.04. The Morgan fingerprint density at radius 1 is 1.20 bits per heavy atom. The third-order valence-corrected chi connectivity index (χ3v) is 1.22. The average molecular weight is 153 g/mol. The first-order chi connectivity index (χ1) is 4.43. The Labute approximate surface area is 66.5 Å². The molecule has 0 aliphatic carbocycles. The molecule has 0 unspecified atom stereocenters. The van der Waals surface area contributed by atoms with Gasteiger partial charge in [0, 0.05) is 6.54 Å². The predicted molar refractivity (Wildman–Crippen MR) is 50.5 cm³/mol. The summed E-state index contributed by atoms with van der Waals surface area (Å²) >= 11 is 0. The van der Waals surface area contributed by atoms with E-state index in [4.69, 9.17) is 0 Å². The first-order valence-electron chi connectivity index (χ1n) is 3.12. The molecule has 1 nitrogen and oxygen atoms in total. The van der Waals surface area contributed by atoms with Gasteiger partial charge in [0.25, 0.3) is 0 Å². The van der Waals surface area contributed by atoms with E-state index in [0.717, 1.165) is 6.54 Å². The normalized spacial score (nSPS) is 8.50. The Hall–Kier alpha value is -0.603. The van der Waals surface area contributed by atoms with Crippen LogP contribution in [0.5, 0.6) is 0 Å². The molecular formula is C8H15NSi. The van der Waals surface area contributed by atoms with Crippen LogP contribution in [0.2, 0.25) is 0 Å². The Balaban J connectivity index is 0.000000810. The summed E-state index contributed by atoms with van der Waals surface area (Å²) in [6, 6.07) is 10.3.